The molecule has 1 aromatic heterocycles. The van der Waals surface area contributed by atoms with Crippen LogP contribution in [0.15, 0.2) is 56.4 Å². The third-order valence-electron chi connectivity index (χ3n) is 4.39. The van der Waals surface area contributed by atoms with Gasteiger partial charge in [-0.15, -0.1) is 0 Å². The van der Waals surface area contributed by atoms with E-state index in [1.165, 1.54) is 18.2 Å². The van der Waals surface area contributed by atoms with Crippen molar-refractivity contribution in [3.8, 4) is 11.3 Å². The number of anilines is 1. The van der Waals surface area contributed by atoms with Gasteiger partial charge in [0.1, 0.15) is 5.82 Å². The molecule has 5 nitrogen and oxygen atoms in total. The van der Waals surface area contributed by atoms with Gasteiger partial charge in [0.15, 0.2) is 11.7 Å². The van der Waals surface area contributed by atoms with Crippen LogP contribution in [0, 0.1) is 12.7 Å². The molecule has 0 unspecified atom stereocenters. The van der Waals surface area contributed by atoms with Crippen LogP contribution in [0.3, 0.4) is 0 Å². The van der Waals surface area contributed by atoms with Gasteiger partial charge in [-0.2, -0.15) is 0 Å². The maximum atomic E-state index is 14.0. The van der Waals surface area contributed by atoms with Crippen LogP contribution in [0.5, 0.6) is 0 Å². The molecule has 8 heteroatoms. The van der Waals surface area contributed by atoms with E-state index in [1.807, 2.05) is 0 Å². The van der Waals surface area contributed by atoms with Crippen LogP contribution in [0.1, 0.15) is 30.2 Å². The van der Waals surface area contributed by atoms with E-state index in [-0.39, 0.29) is 10.6 Å². The van der Waals surface area contributed by atoms with E-state index >= 15 is 0 Å². The molecule has 0 atom stereocenters. The van der Waals surface area contributed by atoms with Crippen LogP contribution in [0.25, 0.3) is 11.3 Å². The first-order chi connectivity index (χ1) is 12.8. The maximum Gasteiger partial charge on any atom is 0.262 e. The van der Waals surface area contributed by atoms with Crippen molar-refractivity contribution in [2.24, 2.45) is 0 Å². The lowest BCUT2D eigenvalue weighted by atomic mass is 10.1. The molecule has 1 aliphatic rings. The molecule has 1 heterocycles. The highest BCUT2D eigenvalue weighted by Gasteiger charge is 2.29. The summed E-state index contributed by atoms with van der Waals surface area (Å²) < 4.78 is 48.3. The van der Waals surface area contributed by atoms with Gasteiger partial charge in [0, 0.05) is 16.0 Å². The Morgan fingerprint density at radius 3 is 2.70 bits per heavy atom. The maximum absolute atomic E-state index is 14.0. The Kier molecular flexibility index (Phi) is 4.55. The molecule has 1 saturated carbocycles. The normalized spacial score (nSPS) is 14.3. The Hall–Kier alpha value is -2.19. The second-order valence-corrected chi connectivity index (χ2v) is 9.11. The molecule has 0 aliphatic heterocycles. The second kappa shape index (κ2) is 6.76. The third-order valence-corrected chi connectivity index (χ3v) is 6.39. The Morgan fingerprint density at radius 2 is 2.00 bits per heavy atom. The van der Waals surface area contributed by atoms with E-state index in [0.29, 0.717) is 33.2 Å². The van der Waals surface area contributed by atoms with Gasteiger partial charge >= 0.3 is 0 Å². The molecule has 0 bridgehead atoms. The highest BCUT2D eigenvalue weighted by Crippen LogP contribution is 2.40. The zero-order valence-corrected chi connectivity index (χ0v) is 16.8. The van der Waals surface area contributed by atoms with Gasteiger partial charge in [-0.1, -0.05) is 28.1 Å². The quantitative estimate of drug-likeness (QED) is 0.577. The summed E-state index contributed by atoms with van der Waals surface area (Å²) in [6.07, 6.45) is 3.74. The summed E-state index contributed by atoms with van der Waals surface area (Å²) in [7, 11) is -3.97. The van der Waals surface area contributed by atoms with Crippen LogP contribution in [-0.4, -0.2) is 13.4 Å². The van der Waals surface area contributed by atoms with Gasteiger partial charge < -0.3 is 4.42 Å². The zero-order chi connectivity index (χ0) is 19.2. The molecule has 27 heavy (non-hydrogen) atoms. The fourth-order valence-electron chi connectivity index (χ4n) is 2.75. The van der Waals surface area contributed by atoms with Crippen molar-refractivity contribution in [2.45, 2.75) is 30.6 Å². The molecule has 1 N–H and O–H groups in total. The fraction of sp³-hybridized carbons (Fsp3) is 0.211. The second-order valence-electron chi connectivity index (χ2n) is 6.55. The first kappa shape index (κ1) is 18.2. The number of aromatic nitrogens is 1. The SMILES string of the molecule is Cc1ccc(-c2cnc(C3CC3)o2)cc1S(=O)(=O)Nc1ccc(Br)cc1F. The van der Waals surface area contributed by atoms with Gasteiger partial charge in [-0.3, -0.25) is 4.72 Å². The summed E-state index contributed by atoms with van der Waals surface area (Å²) >= 11 is 3.15. The number of oxazole rings is 1. The van der Waals surface area contributed by atoms with E-state index in [2.05, 4.69) is 25.6 Å². The Balaban J connectivity index is 1.68. The number of sulfonamides is 1. The minimum atomic E-state index is -3.97. The molecule has 1 fully saturated rings. The van der Waals surface area contributed by atoms with E-state index < -0.39 is 15.8 Å². The van der Waals surface area contributed by atoms with Crippen molar-refractivity contribution >= 4 is 31.6 Å². The first-order valence-corrected chi connectivity index (χ1v) is 10.7. The highest BCUT2D eigenvalue weighted by molar-refractivity contribution is 9.10. The third kappa shape index (κ3) is 3.77. The number of rotatable bonds is 5. The molecule has 3 aromatic rings. The number of hydrogen-bond donors (Lipinski definition) is 1. The van der Waals surface area contributed by atoms with Crippen molar-refractivity contribution < 1.29 is 17.2 Å². The zero-order valence-electron chi connectivity index (χ0n) is 14.4. The largest absolute Gasteiger partial charge is 0.440 e. The number of hydrogen-bond acceptors (Lipinski definition) is 4. The number of aryl methyl sites for hydroxylation is 1. The fourth-order valence-corrected chi connectivity index (χ4v) is 4.43. The Morgan fingerprint density at radius 1 is 1.22 bits per heavy atom. The van der Waals surface area contributed by atoms with Gasteiger partial charge in [-0.05, 0) is 49.6 Å². The average molecular weight is 451 g/mol. The lowest BCUT2D eigenvalue weighted by molar-refractivity contribution is 0.509. The van der Waals surface area contributed by atoms with Crippen LogP contribution in [0.4, 0.5) is 10.1 Å². The standard InChI is InChI=1S/C19H16BrFN2O3S/c1-11-2-3-13(17-10-22-19(26-17)12-4-5-12)8-18(11)27(24,25)23-16-7-6-14(20)9-15(16)21/h2-3,6-10,12,23H,4-5H2,1H3. The molecular formula is C19H16BrFN2O3S. The minimum Gasteiger partial charge on any atom is -0.440 e. The van der Waals surface area contributed by atoms with Gasteiger partial charge in [0.05, 0.1) is 16.8 Å². The first-order valence-electron chi connectivity index (χ1n) is 8.38. The van der Waals surface area contributed by atoms with E-state index in [0.717, 1.165) is 12.8 Å². The molecule has 2 aromatic carbocycles. The van der Waals surface area contributed by atoms with Crippen molar-refractivity contribution in [2.75, 3.05) is 4.72 Å². The average Bonchev–Trinajstić information content (AvgIpc) is 3.35. The van der Waals surface area contributed by atoms with Crippen molar-refractivity contribution in [3.63, 3.8) is 0 Å². The van der Waals surface area contributed by atoms with E-state index in [4.69, 9.17) is 4.42 Å². The summed E-state index contributed by atoms with van der Waals surface area (Å²) in [6, 6.07) is 9.14. The van der Waals surface area contributed by atoms with Gasteiger partial charge in [0.2, 0.25) is 0 Å². The molecule has 0 radical (unpaired) electrons. The summed E-state index contributed by atoms with van der Waals surface area (Å²) in [5, 5.41) is 0. The topological polar surface area (TPSA) is 72.2 Å². The van der Waals surface area contributed by atoms with Crippen LogP contribution in [0.2, 0.25) is 0 Å². The Bertz CT molecular complexity index is 1120. The van der Waals surface area contributed by atoms with E-state index in [1.54, 1.807) is 31.3 Å². The summed E-state index contributed by atoms with van der Waals surface area (Å²) in [6.45, 7) is 1.69. The lowest BCUT2D eigenvalue weighted by Gasteiger charge is -2.12. The number of nitrogens with zero attached hydrogens (tertiary/aromatic N) is 1. The molecule has 0 amide bonds. The molecule has 0 saturated heterocycles. The van der Waals surface area contributed by atoms with Crippen LogP contribution >= 0.6 is 15.9 Å². The number of nitrogens with one attached hydrogen (secondary N) is 1. The van der Waals surface area contributed by atoms with Crippen molar-refractivity contribution in [1.29, 1.82) is 0 Å². The summed E-state index contributed by atoms with van der Waals surface area (Å²) in [5.41, 5.74) is 1.04. The van der Waals surface area contributed by atoms with Crippen molar-refractivity contribution in [3.05, 3.63) is 64.3 Å². The predicted octanol–water partition coefficient (Wildman–Crippen LogP) is 5.23. The summed E-state index contributed by atoms with van der Waals surface area (Å²) in [4.78, 5) is 4.33. The smallest absolute Gasteiger partial charge is 0.262 e. The minimum absolute atomic E-state index is 0.0618. The van der Waals surface area contributed by atoms with Crippen molar-refractivity contribution in [1.82, 2.24) is 4.98 Å². The van der Waals surface area contributed by atoms with Crippen LogP contribution < -0.4 is 4.72 Å². The van der Waals surface area contributed by atoms with Crippen LogP contribution in [-0.2, 0) is 10.0 Å². The molecular weight excluding hydrogens is 435 g/mol. The highest BCUT2D eigenvalue weighted by atomic mass is 79.9. The molecule has 0 spiro atoms. The summed E-state index contributed by atoms with van der Waals surface area (Å²) in [5.74, 6) is 0.911. The predicted molar refractivity (Wildman–Crippen MR) is 104 cm³/mol. The molecule has 140 valence electrons. The van der Waals surface area contributed by atoms with E-state index in [9.17, 15) is 12.8 Å². The number of halogens is 2. The Labute approximate surface area is 164 Å². The monoisotopic (exact) mass is 450 g/mol. The van der Waals surface area contributed by atoms with Gasteiger partial charge in [-0.25, -0.2) is 17.8 Å². The number of benzene rings is 2. The lowest BCUT2D eigenvalue weighted by Crippen LogP contribution is -2.15. The molecule has 1 aliphatic carbocycles. The molecule has 4 rings (SSSR count). The van der Waals surface area contributed by atoms with Gasteiger partial charge in [0.25, 0.3) is 10.0 Å².